The summed E-state index contributed by atoms with van der Waals surface area (Å²) in [5, 5.41) is 4.53. The van der Waals surface area contributed by atoms with Crippen molar-refractivity contribution in [3.05, 3.63) is 24.3 Å². The summed E-state index contributed by atoms with van der Waals surface area (Å²) >= 11 is 0. The largest absolute Gasteiger partial charge is 0.367 e. The molecule has 0 spiro atoms. The van der Waals surface area contributed by atoms with Gasteiger partial charge in [0.15, 0.2) is 0 Å². The zero-order valence-corrected chi connectivity index (χ0v) is 13.0. The van der Waals surface area contributed by atoms with Gasteiger partial charge in [0.25, 0.3) is 0 Å². The average molecular weight is 285 g/mol. The van der Waals surface area contributed by atoms with E-state index in [2.05, 4.69) is 48.1 Å². The molecule has 0 amide bonds. The molecule has 21 heavy (non-hydrogen) atoms. The van der Waals surface area contributed by atoms with Crippen LogP contribution in [-0.4, -0.2) is 54.1 Å². The van der Waals surface area contributed by atoms with Crippen molar-refractivity contribution < 1.29 is 0 Å². The van der Waals surface area contributed by atoms with E-state index in [-0.39, 0.29) is 0 Å². The predicted octanol–water partition coefficient (Wildman–Crippen LogP) is 2.20. The molecule has 0 aliphatic carbocycles. The van der Waals surface area contributed by atoms with E-state index in [1.54, 1.807) is 0 Å². The number of nitrogens with one attached hydrogen (secondary N) is 1. The van der Waals surface area contributed by atoms with E-state index < -0.39 is 0 Å². The van der Waals surface area contributed by atoms with Gasteiger partial charge in [-0.25, -0.2) is 4.98 Å². The van der Waals surface area contributed by atoms with Crippen LogP contribution in [0.2, 0.25) is 0 Å². The summed E-state index contributed by atoms with van der Waals surface area (Å²) in [5.74, 6) is 1.77. The Kier molecular flexibility index (Phi) is 3.92. The lowest BCUT2D eigenvalue weighted by Crippen LogP contribution is -2.45. The summed E-state index contributed by atoms with van der Waals surface area (Å²) < 4.78 is 0. The van der Waals surface area contributed by atoms with Gasteiger partial charge in [0.1, 0.15) is 5.82 Å². The number of hydrogen-bond acceptors (Lipinski definition) is 5. The van der Waals surface area contributed by atoms with Crippen molar-refractivity contribution in [3.63, 3.8) is 0 Å². The van der Waals surface area contributed by atoms with E-state index in [9.17, 15) is 0 Å². The first-order valence-corrected chi connectivity index (χ1v) is 7.60. The Morgan fingerprint density at radius 1 is 1.05 bits per heavy atom. The quantitative estimate of drug-likeness (QED) is 0.936. The van der Waals surface area contributed by atoms with Crippen LogP contribution < -0.4 is 10.2 Å². The monoisotopic (exact) mass is 285 g/mol. The van der Waals surface area contributed by atoms with Crippen LogP contribution in [0.25, 0.3) is 10.9 Å². The second-order valence-electron chi connectivity index (χ2n) is 5.98. The van der Waals surface area contributed by atoms with E-state index in [0.29, 0.717) is 6.04 Å². The van der Waals surface area contributed by atoms with Crippen LogP contribution in [0.4, 0.5) is 11.8 Å². The Morgan fingerprint density at radius 2 is 1.76 bits per heavy atom. The normalized spacial score (nSPS) is 16.7. The predicted molar refractivity (Wildman–Crippen MR) is 88.0 cm³/mol. The number of anilines is 2. The first-order chi connectivity index (χ1) is 10.1. The summed E-state index contributed by atoms with van der Waals surface area (Å²) in [4.78, 5) is 14.1. The third kappa shape index (κ3) is 3.08. The van der Waals surface area contributed by atoms with Crippen molar-refractivity contribution >= 4 is 22.7 Å². The minimum Gasteiger partial charge on any atom is -0.367 e. The van der Waals surface area contributed by atoms with Crippen molar-refractivity contribution in [3.8, 4) is 0 Å². The molecule has 112 valence electrons. The Labute approximate surface area is 126 Å². The lowest BCUT2D eigenvalue weighted by atomic mass is 10.2. The molecular formula is C16H23N5. The molecular weight excluding hydrogens is 262 g/mol. The van der Waals surface area contributed by atoms with Gasteiger partial charge in [-0.05, 0) is 33.0 Å². The zero-order valence-electron chi connectivity index (χ0n) is 13.0. The maximum atomic E-state index is 4.77. The maximum Gasteiger partial charge on any atom is 0.227 e. The Bertz CT molecular complexity index is 617. The van der Waals surface area contributed by atoms with E-state index in [0.717, 1.165) is 48.8 Å². The van der Waals surface area contributed by atoms with Crippen LogP contribution in [0.5, 0.6) is 0 Å². The molecule has 3 rings (SSSR count). The molecule has 2 aromatic rings. The number of aromatic nitrogens is 2. The molecule has 0 saturated carbocycles. The molecule has 1 fully saturated rings. The van der Waals surface area contributed by atoms with E-state index in [1.807, 2.05) is 12.1 Å². The first-order valence-electron chi connectivity index (χ1n) is 7.60. The van der Waals surface area contributed by atoms with Gasteiger partial charge in [-0.2, -0.15) is 4.98 Å². The van der Waals surface area contributed by atoms with Gasteiger partial charge < -0.3 is 15.1 Å². The number of nitrogens with zero attached hydrogens (tertiary/aromatic N) is 4. The molecule has 1 saturated heterocycles. The fourth-order valence-corrected chi connectivity index (χ4v) is 2.60. The molecule has 0 radical (unpaired) electrons. The van der Waals surface area contributed by atoms with Crippen LogP contribution in [-0.2, 0) is 0 Å². The highest BCUT2D eigenvalue weighted by atomic mass is 15.3. The number of rotatable bonds is 3. The number of hydrogen-bond donors (Lipinski definition) is 1. The van der Waals surface area contributed by atoms with Crippen LogP contribution >= 0.6 is 0 Å². The summed E-state index contributed by atoms with van der Waals surface area (Å²) in [6.45, 7) is 8.34. The smallest absolute Gasteiger partial charge is 0.227 e. The van der Waals surface area contributed by atoms with E-state index in [1.165, 1.54) is 0 Å². The summed E-state index contributed by atoms with van der Waals surface area (Å²) in [7, 11) is 2.16. The molecule has 0 bridgehead atoms. The third-order valence-electron chi connectivity index (χ3n) is 3.80. The molecule has 0 atom stereocenters. The standard InChI is InChI=1S/C16H23N5/c1-12(2)17-15-13-6-4-5-7-14(13)18-16(19-15)21-10-8-20(3)9-11-21/h4-7,12H,8-11H2,1-3H3,(H,17,18,19). The number of fused-ring (bicyclic) bond motifs is 1. The molecule has 1 aromatic carbocycles. The SMILES string of the molecule is CC(C)Nc1nc(N2CCN(C)CC2)nc2ccccc12. The number of benzene rings is 1. The van der Waals surface area contributed by atoms with Crippen LogP contribution in [0.3, 0.4) is 0 Å². The number of para-hydroxylation sites is 1. The highest BCUT2D eigenvalue weighted by molar-refractivity contribution is 5.90. The van der Waals surface area contributed by atoms with Crippen LogP contribution in [0.1, 0.15) is 13.8 Å². The van der Waals surface area contributed by atoms with Crippen LogP contribution in [0.15, 0.2) is 24.3 Å². The minimum absolute atomic E-state index is 0.351. The zero-order chi connectivity index (χ0) is 14.8. The van der Waals surface area contributed by atoms with Crippen molar-refractivity contribution in [1.82, 2.24) is 14.9 Å². The number of likely N-dealkylation sites (N-methyl/N-ethyl adjacent to an activating group) is 1. The lowest BCUT2D eigenvalue weighted by molar-refractivity contribution is 0.311. The molecule has 1 aromatic heterocycles. The van der Waals surface area contributed by atoms with Gasteiger partial charge in [-0.3, -0.25) is 0 Å². The molecule has 2 heterocycles. The van der Waals surface area contributed by atoms with Gasteiger partial charge in [-0.15, -0.1) is 0 Å². The van der Waals surface area contributed by atoms with Crippen molar-refractivity contribution in [2.24, 2.45) is 0 Å². The van der Waals surface area contributed by atoms with Gasteiger partial charge in [-0.1, -0.05) is 12.1 Å². The van der Waals surface area contributed by atoms with Gasteiger partial charge in [0, 0.05) is 37.6 Å². The minimum atomic E-state index is 0.351. The molecule has 1 aliphatic heterocycles. The lowest BCUT2D eigenvalue weighted by Gasteiger charge is -2.32. The fraction of sp³-hybridized carbons (Fsp3) is 0.500. The molecule has 5 nitrogen and oxygen atoms in total. The Balaban J connectivity index is 1.99. The van der Waals surface area contributed by atoms with Crippen LogP contribution in [0, 0.1) is 0 Å². The molecule has 1 aliphatic rings. The van der Waals surface area contributed by atoms with E-state index in [4.69, 9.17) is 9.97 Å². The number of piperazine rings is 1. The highest BCUT2D eigenvalue weighted by Crippen LogP contribution is 2.24. The van der Waals surface area contributed by atoms with Gasteiger partial charge >= 0.3 is 0 Å². The summed E-state index contributed by atoms with van der Waals surface area (Å²) in [6, 6.07) is 8.55. The fourth-order valence-electron chi connectivity index (χ4n) is 2.60. The van der Waals surface area contributed by atoms with E-state index >= 15 is 0 Å². The van der Waals surface area contributed by atoms with Crippen molar-refractivity contribution in [1.29, 1.82) is 0 Å². The average Bonchev–Trinajstić information content (AvgIpc) is 2.47. The van der Waals surface area contributed by atoms with Crippen molar-refractivity contribution in [2.45, 2.75) is 19.9 Å². The summed E-state index contributed by atoms with van der Waals surface area (Å²) in [5.41, 5.74) is 1.00. The Morgan fingerprint density at radius 3 is 2.48 bits per heavy atom. The molecule has 0 unspecified atom stereocenters. The Hall–Kier alpha value is -1.88. The summed E-state index contributed by atoms with van der Waals surface area (Å²) in [6.07, 6.45) is 0. The van der Waals surface area contributed by atoms with Crippen molar-refractivity contribution in [2.75, 3.05) is 43.4 Å². The second kappa shape index (κ2) is 5.85. The second-order valence-corrected chi connectivity index (χ2v) is 5.98. The van der Waals surface area contributed by atoms with Gasteiger partial charge in [0.05, 0.1) is 5.52 Å². The molecule has 1 N–H and O–H groups in total. The first kappa shape index (κ1) is 14.1. The van der Waals surface area contributed by atoms with Gasteiger partial charge in [0.2, 0.25) is 5.95 Å². The molecule has 5 heteroatoms. The highest BCUT2D eigenvalue weighted by Gasteiger charge is 2.18. The topological polar surface area (TPSA) is 44.3 Å². The maximum absolute atomic E-state index is 4.77. The third-order valence-corrected chi connectivity index (χ3v) is 3.80.